The minimum absolute atomic E-state index is 0. The van der Waals surface area contributed by atoms with Crippen molar-refractivity contribution in [2.45, 2.75) is 32.7 Å². The van der Waals surface area contributed by atoms with Gasteiger partial charge in [-0.3, -0.25) is 0 Å². The lowest BCUT2D eigenvalue weighted by Crippen LogP contribution is -2.33. The Hall–Kier alpha value is -1.09. The van der Waals surface area contributed by atoms with Gasteiger partial charge in [0, 0.05) is 17.5 Å². The molecule has 0 aliphatic rings. The van der Waals surface area contributed by atoms with Crippen molar-refractivity contribution in [3.05, 3.63) is 39.9 Å². The first kappa shape index (κ1) is 18.0. The van der Waals surface area contributed by atoms with Gasteiger partial charge in [-0.05, 0) is 23.8 Å². The Balaban J connectivity index is 0.00000220. The monoisotopic (exact) mass is 420 g/mol. The van der Waals surface area contributed by atoms with Crippen molar-refractivity contribution in [1.82, 2.24) is 10.5 Å². The molecule has 0 saturated carbocycles. The summed E-state index contributed by atoms with van der Waals surface area (Å²) in [6.07, 6.45) is 0.952. The number of nitrogens with two attached hydrogens (primary N) is 1. The van der Waals surface area contributed by atoms with Crippen LogP contribution in [0.25, 0.3) is 0 Å². The minimum Gasteiger partial charge on any atom is -0.370 e. The van der Waals surface area contributed by atoms with Gasteiger partial charge < -0.3 is 15.6 Å². The van der Waals surface area contributed by atoms with Gasteiger partial charge in [0.25, 0.3) is 0 Å². The maximum Gasteiger partial charge on any atom is 0.189 e. The van der Waals surface area contributed by atoms with E-state index in [-0.39, 0.29) is 24.0 Å². The van der Waals surface area contributed by atoms with Crippen LogP contribution in [0.15, 0.2) is 33.1 Å². The lowest BCUT2D eigenvalue weighted by atomic mass is 10.1. The summed E-state index contributed by atoms with van der Waals surface area (Å²) in [4.78, 5) is 5.57. The highest BCUT2D eigenvalue weighted by Gasteiger charge is 2.06. The molecule has 2 aromatic rings. The van der Waals surface area contributed by atoms with Gasteiger partial charge >= 0.3 is 0 Å². The SMILES string of the molecule is CC(C)c1cc(CN=C(N)NCCc2cccs2)on1.I. The second-order valence-corrected chi connectivity index (χ2v) is 5.86. The first-order valence-corrected chi connectivity index (χ1v) is 7.55. The summed E-state index contributed by atoms with van der Waals surface area (Å²) >= 11 is 1.75. The standard InChI is InChI=1S/C14H20N4OS.HI/c1-10(2)13-8-11(19-18-13)9-17-14(15)16-6-5-12-4-3-7-20-12;/h3-4,7-8,10H,5-6,9H2,1-2H3,(H3,15,16,17);1H. The minimum atomic E-state index is 0. The third-order valence-electron chi connectivity index (χ3n) is 2.83. The van der Waals surface area contributed by atoms with E-state index in [4.69, 9.17) is 10.3 Å². The maximum absolute atomic E-state index is 5.81. The summed E-state index contributed by atoms with van der Waals surface area (Å²) in [6, 6.07) is 6.09. The summed E-state index contributed by atoms with van der Waals surface area (Å²) in [6.45, 7) is 5.35. The molecule has 3 N–H and O–H groups in total. The molecule has 0 spiro atoms. The van der Waals surface area contributed by atoms with Crippen LogP contribution in [-0.2, 0) is 13.0 Å². The van der Waals surface area contributed by atoms with E-state index in [2.05, 4.69) is 40.8 Å². The van der Waals surface area contributed by atoms with E-state index in [1.54, 1.807) is 11.3 Å². The van der Waals surface area contributed by atoms with Crippen LogP contribution in [-0.4, -0.2) is 17.7 Å². The zero-order chi connectivity index (χ0) is 14.4. The third-order valence-corrected chi connectivity index (χ3v) is 3.77. The Morgan fingerprint density at radius 3 is 2.95 bits per heavy atom. The van der Waals surface area contributed by atoms with E-state index in [1.165, 1.54) is 4.88 Å². The first-order chi connectivity index (χ1) is 9.65. The van der Waals surface area contributed by atoms with Gasteiger partial charge in [-0.2, -0.15) is 0 Å². The van der Waals surface area contributed by atoms with Gasteiger partial charge in [-0.1, -0.05) is 25.1 Å². The molecule has 0 amide bonds. The molecule has 0 aliphatic heterocycles. The average Bonchev–Trinajstić information content (AvgIpc) is 3.07. The molecule has 0 fully saturated rings. The number of rotatable bonds is 6. The Bertz CT molecular complexity index is 551. The molecule has 21 heavy (non-hydrogen) atoms. The van der Waals surface area contributed by atoms with Crippen molar-refractivity contribution >= 4 is 41.3 Å². The first-order valence-electron chi connectivity index (χ1n) is 6.67. The third kappa shape index (κ3) is 6.04. The molecule has 116 valence electrons. The molecule has 2 aromatic heterocycles. The summed E-state index contributed by atoms with van der Waals surface area (Å²) in [5.41, 5.74) is 6.75. The molecule has 0 saturated heterocycles. The highest BCUT2D eigenvalue weighted by Crippen LogP contribution is 2.14. The van der Waals surface area contributed by atoms with Gasteiger partial charge in [0.2, 0.25) is 0 Å². The molecule has 0 aliphatic carbocycles. The van der Waals surface area contributed by atoms with Crippen molar-refractivity contribution in [2.75, 3.05) is 6.54 Å². The van der Waals surface area contributed by atoms with Crippen molar-refractivity contribution in [2.24, 2.45) is 10.7 Å². The largest absolute Gasteiger partial charge is 0.370 e. The van der Waals surface area contributed by atoms with E-state index in [9.17, 15) is 0 Å². The van der Waals surface area contributed by atoms with Crippen molar-refractivity contribution in [1.29, 1.82) is 0 Å². The molecular formula is C14H21IN4OS. The fraction of sp³-hybridized carbons (Fsp3) is 0.429. The number of hydrogen-bond acceptors (Lipinski definition) is 4. The predicted molar refractivity (Wildman–Crippen MR) is 97.4 cm³/mol. The number of aliphatic imine (C=N–C) groups is 1. The second kappa shape index (κ2) is 9.04. The summed E-state index contributed by atoms with van der Waals surface area (Å²) < 4.78 is 5.20. The van der Waals surface area contributed by atoms with E-state index in [0.717, 1.165) is 24.4 Å². The zero-order valence-corrected chi connectivity index (χ0v) is 15.4. The van der Waals surface area contributed by atoms with Gasteiger partial charge in [-0.15, -0.1) is 35.3 Å². The number of halogens is 1. The molecule has 0 unspecified atom stereocenters. The van der Waals surface area contributed by atoms with E-state index < -0.39 is 0 Å². The van der Waals surface area contributed by atoms with E-state index >= 15 is 0 Å². The normalized spacial score (nSPS) is 11.5. The molecule has 0 radical (unpaired) electrons. The lowest BCUT2D eigenvalue weighted by molar-refractivity contribution is 0.376. The molecular weight excluding hydrogens is 399 g/mol. The number of nitrogens with zero attached hydrogens (tertiary/aromatic N) is 2. The highest BCUT2D eigenvalue weighted by molar-refractivity contribution is 14.0. The number of guanidine groups is 1. The van der Waals surface area contributed by atoms with Crippen LogP contribution in [0.2, 0.25) is 0 Å². The molecule has 7 heteroatoms. The molecule has 0 aromatic carbocycles. The molecule has 2 heterocycles. The van der Waals surface area contributed by atoms with Crippen LogP contribution < -0.4 is 11.1 Å². The Morgan fingerprint density at radius 2 is 2.33 bits per heavy atom. The van der Waals surface area contributed by atoms with Crippen molar-refractivity contribution < 1.29 is 4.52 Å². The van der Waals surface area contributed by atoms with Crippen LogP contribution in [0.5, 0.6) is 0 Å². The molecule has 0 bridgehead atoms. The highest BCUT2D eigenvalue weighted by atomic mass is 127. The Labute approximate surface area is 146 Å². The summed E-state index contributed by atoms with van der Waals surface area (Å²) in [7, 11) is 0. The number of aromatic nitrogens is 1. The van der Waals surface area contributed by atoms with Crippen LogP contribution in [0.1, 0.15) is 36.1 Å². The zero-order valence-electron chi connectivity index (χ0n) is 12.2. The number of thiophene rings is 1. The van der Waals surface area contributed by atoms with Crippen LogP contribution in [0.4, 0.5) is 0 Å². The van der Waals surface area contributed by atoms with E-state index in [1.807, 2.05) is 12.1 Å². The smallest absolute Gasteiger partial charge is 0.189 e. The topological polar surface area (TPSA) is 76.4 Å². The maximum atomic E-state index is 5.81. The van der Waals surface area contributed by atoms with Crippen LogP contribution >= 0.6 is 35.3 Å². The van der Waals surface area contributed by atoms with Gasteiger partial charge in [-0.25, -0.2) is 4.99 Å². The Kier molecular flexibility index (Phi) is 7.73. The van der Waals surface area contributed by atoms with Crippen molar-refractivity contribution in [3.63, 3.8) is 0 Å². The van der Waals surface area contributed by atoms with E-state index in [0.29, 0.717) is 18.4 Å². The molecule has 0 atom stereocenters. The van der Waals surface area contributed by atoms with Crippen LogP contribution in [0.3, 0.4) is 0 Å². The van der Waals surface area contributed by atoms with Crippen LogP contribution in [0, 0.1) is 0 Å². The quantitative estimate of drug-likeness (QED) is 0.428. The second-order valence-electron chi connectivity index (χ2n) is 4.83. The molecule has 5 nitrogen and oxygen atoms in total. The fourth-order valence-electron chi connectivity index (χ4n) is 1.66. The average molecular weight is 420 g/mol. The number of hydrogen-bond donors (Lipinski definition) is 2. The van der Waals surface area contributed by atoms with Gasteiger partial charge in [0.1, 0.15) is 6.54 Å². The Morgan fingerprint density at radius 1 is 1.52 bits per heavy atom. The fourth-order valence-corrected chi connectivity index (χ4v) is 2.37. The molecule has 2 rings (SSSR count). The number of nitrogens with one attached hydrogen (secondary N) is 1. The van der Waals surface area contributed by atoms with Gasteiger partial charge in [0.15, 0.2) is 11.7 Å². The summed E-state index contributed by atoms with van der Waals surface area (Å²) in [5.74, 6) is 1.53. The summed E-state index contributed by atoms with van der Waals surface area (Å²) in [5, 5.41) is 9.15. The lowest BCUT2D eigenvalue weighted by Gasteiger charge is -2.03. The van der Waals surface area contributed by atoms with Crippen molar-refractivity contribution in [3.8, 4) is 0 Å². The van der Waals surface area contributed by atoms with Gasteiger partial charge in [0.05, 0.1) is 5.69 Å². The predicted octanol–water partition coefficient (Wildman–Crippen LogP) is 3.12.